The second-order valence-corrected chi connectivity index (χ2v) is 9.91. The van der Waals surface area contributed by atoms with E-state index in [2.05, 4.69) is 0 Å². The number of hydrogen-bond donors (Lipinski definition) is 1. The largest absolute Gasteiger partial charge is 0.326 e. The SMILES string of the molecule is NC1CN(S(=O)(=O)N2C[C@H]3CCCC[C@H]3C2)C2(CCCC2)C1. The van der Waals surface area contributed by atoms with Gasteiger partial charge in [-0.2, -0.15) is 17.0 Å². The first-order valence-corrected chi connectivity index (χ1v) is 10.4. The Bertz CT molecular complexity index is 516. The van der Waals surface area contributed by atoms with Crippen LogP contribution in [0.3, 0.4) is 0 Å². The predicted octanol–water partition coefficient (Wildman–Crippen LogP) is 1.70. The third-order valence-electron chi connectivity index (χ3n) is 6.65. The van der Waals surface area contributed by atoms with E-state index in [0.29, 0.717) is 18.4 Å². The molecule has 2 aliphatic carbocycles. The Labute approximate surface area is 134 Å². The van der Waals surface area contributed by atoms with Gasteiger partial charge in [-0.3, -0.25) is 0 Å². The van der Waals surface area contributed by atoms with Crippen LogP contribution in [0, 0.1) is 11.8 Å². The molecule has 2 N–H and O–H groups in total. The summed E-state index contributed by atoms with van der Waals surface area (Å²) < 4.78 is 30.2. The first-order valence-electron chi connectivity index (χ1n) is 9.05. The number of rotatable bonds is 2. The van der Waals surface area contributed by atoms with Crippen molar-refractivity contribution >= 4 is 10.2 Å². The summed E-state index contributed by atoms with van der Waals surface area (Å²) in [4.78, 5) is 0. The number of fused-ring (bicyclic) bond motifs is 1. The van der Waals surface area contributed by atoms with Crippen LogP contribution in [-0.4, -0.2) is 48.2 Å². The molecule has 2 aliphatic heterocycles. The zero-order valence-corrected chi connectivity index (χ0v) is 14.2. The molecule has 1 spiro atoms. The molecular formula is C16H29N3O2S. The maximum atomic E-state index is 13.3. The molecule has 0 aromatic rings. The summed E-state index contributed by atoms with van der Waals surface area (Å²) in [5.74, 6) is 1.19. The van der Waals surface area contributed by atoms with Gasteiger partial charge < -0.3 is 5.73 Å². The van der Waals surface area contributed by atoms with E-state index in [0.717, 1.165) is 45.2 Å². The van der Waals surface area contributed by atoms with Gasteiger partial charge in [0.25, 0.3) is 10.2 Å². The molecule has 0 aromatic carbocycles. The lowest BCUT2D eigenvalue weighted by atomic mass is 9.82. The second-order valence-electron chi connectivity index (χ2n) is 8.06. The molecule has 0 amide bonds. The maximum absolute atomic E-state index is 13.3. The first-order chi connectivity index (χ1) is 10.5. The lowest BCUT2D eigenvalue weighted by Crippen LogP contribution is -2.51. The molecule has 3 atom stereocenters. The van der Waals surface area contributed by atoms with Crippen molar-refractivity contribution in [2.75, 3.05) is 19.6 Å². The van der Waals surface area contributed by atoms with Gasteiger partial charge >= 0.3 is 0 Å². The molecule has 1 unspecified atom stereocenters. The Morgan fingerprint density at radius 2 is 1.50 bits per heavy atom. The monoisotopic (exact) mass is 327 g/mol. The Kier molecular flexibility index (Phi) is 3.79. The fourth-order valence-electron chi connectivity index (χ4n) is 5.58. The van der Waals surface area contributed by atoms with Gasteiger partial charge in [0, 0.05) is 31.2 Å². The van der Waals surface area contributed by atoms with Crippen LogP contribution in [0.1, 0.15) is 57.8 Å². The van der Waals surface area contributed by atoms with Crippen molar-refractivity contribution in [3.63, 3.8) is 0 Å². The molecule has 126 valence electrons. The minimum atomic E-state index is -3.33. The number of hydrogen-bond acceptors (Lipinski definition) is 3. The van der Waals surface area contributed by atoms with Crippen LogP contribution in [0.25, 0.3) is 0 Å². The van der Waals surface area contributed by atoms with Crippen molar-refractivity contribution in [2.24, 2.45) is 17.6 Å². The van der Waals surface area contributed by atoms with Gasteiger partial charge in [-0.15, -0.1) is 0 Å². The van der Waals surface area contributed by atoms with Crippen molar-refractivity contribution in [3.8, 4) is 0 Å². The standard InChI is InChI=1S/C16H29N3O2S/c17-15-9-16(7-3-4-8-16)19(12-15)22(20,21)18-10-13-5-1-2-6-14(13)11-18/h13-15H,1-12,17H2/t13-,14+,15?. The predicted molar refractivity (Wildman–Crippen MR) is 86.4 cm³/mol. The van der Waals surface area contributed by atoms with Gasteiger partial charge in [0.05, 0.1) is 0 Å². The van der Waals surface area contributed by atoms with Crippen LogP contribution in [0.2, 0.25) is 0 Å². The van der Waals surface area contributed by atoms with Crippen LogP contribution in [0.15, 0.2) is 0 Å². The molecule has 4 aliphatic rings. The Morgan fingerprint density at radius 3 is 2.09 bits per heavy atom. The van der Waals surface area contributed by atoms with Crippen molar-refractivity contribution < 1.29 is 8.42 Å². The molecule has 0 bridgehead atoms. The summed E-state index contributed by atoms with van der Waals surface area (Å²) in [5.41, 5.74) is 6.01. The van der Waals surface area contributed by atoms with E-state index < -0.39 is 10.2 Å². The fourth-order valence-corrected chi connectivity index (χ4v) is 7.74. The van der Waals surface area contributed by atoms with E-state index in [-0.39, 0.29) is 11.6 Å². The van der Waals surface area contributed by atoms with Crippen LogP contribution in [0.4, 0.5) is 0 Å². The van der Waals surface area contributed by atoms with Gasteiger partial charge in [-0.05, 0) is 43.9 Å². The fraction of sp³-hybridized carbons (Fsp3) is 1.00. The molecule has 0 radical (unpaired) electrons. The molecule has 4 fully saturated rings. The van der Waals surface area contributed by atoms with E-state index in [9.17, 15) is 8.42 Å². The molecular weight excluding hydrogens is 298 g/mol. The highest BCUT2D eigenvalue weighted by atomic mass is 32.2. The van der Waals surface area contributed by atoms with Crippen molar-refractivity contribution in [2.45, 2.75) is 69.4 Å². The molecule has 4 rings (SSSR count). The third kappa shape index (κ3) is 2.34. The van der Waals surface area contributed by atoms with Gasteiger partial charge in [-0.1, -0.05) is 25.7 Å². The molecule has 6 heteroatoms. The topological polar surface area (TPSA) is 66.6 Å². The van der Waals surface area contributed by atoms with Gasteiger partial charge in [0.2, 0.25) is 0 Å². The van der Waals surface area contributed by atoms with Crippen LogP contribution in [0.5, 0.6) is 0 Å². The van der Waals surface area contributed by atoms with Gasteiger partial charge in [-0.25, -0.2) is 0 Å². The second kappa shape index (κ2) is 5.43. The molecule has 22 heavy (non-hydrogen) atoms. The molecule has 2 heterocycles. The third-order valence-corrected chi connectivity index (χ3v) is 8.70. The van der Waals surface area contributed by atoms with Crippen LogP contribution < -0.4 is 5.73 Å². The van der Waals surface area contributed by atoms with Crippen molar-refractivity contribution in [3.05, 3.63) is 0 Å². The summed E-state index contributed by atoms with van der Waals surface area (Å²) in [6.07, 6.45) is 10.1. The highest BCUT2D eigenvalue weighted by molar-refractivity contribution is 7.86. The van der Waals surface area contributed by atoms with E-state index in [1.807, 2.05) is 4.31 Å². The minimum Gasteiger partial charge on any atom is -0.326 e. The van der Waals surface area contributed by atoms with E-state index in [1.165, 1.54) is 25.7 Å². The van der Waals surface area contributed by atoms with Gasteiger partial charge in [0.15, 0.2) is 0 Å². The Balaban J connectivity index is 1.58. The average Bonchev–Trinajstić information content (AvgIpc) is 3.18. The Hall–Kier alpha value is -0.170. The quantitative estimate of drug-likeness (QED) is 0.839. The van der Waals surface area contributed by atoms with Crippen LogP contribution in [-0.2, 0) is 10.2 Å². The minimum absolute atomic E-state index is 0.0118. The molecule has 2 saturated heterocycles. The first kappa shape index (κ1) is 15.4. The number of nitrogens with zero attached hydrogens (tertiary/aromatic N) is 2. The summed E-state index contributed by atoms with van der Waals surface area (Å²) in [6.45, 7) is 2.01. The normalized spacial score (nSPS) is 39.6. The molecule has 5 nitrogen and oxygen atoms in total. The highest BCUT2D eigenvalue weighted by Crippen LogP contribution is 2.46. The van der Waals surface area contributed by atoms with E-state index >= 15 is 0 Å². The van der Waals surface area contributed by atoms with Gasteiger partial charge in [0.1, 0.15) is 0 Å². The van der Waals surface area contributed by atoms with Crippen molar-refractivity contribution in [1.82, 2.24) is 8.61 Å². The van der Waals surface area contributed by atoms with E-state index in [4.69, 9.17) is 5.73 Å². The number of nitrogens with two attached hydrogens (primary N) is 1. The highest BCUT2D eigenvalue weighted by Gasteiger charge is 2.54. The zero-order chi connectivity index (χ0) is 15.4. The Morgan fingerprint density at radius 1 is 0.909 bits per heavy atom. The zero-order valence-electron chi connectivity index (χ0n) is 13.4. The maximum Gasteiger partial charge on any atom is 0.282 e. The molecule has 0 aromatic heterocycles. The van der Waals surface area contributed by atoms with E-state index in [1.54, 1.807) is 4.31 Å². The lowest BCUT2D eigenvalue weighted by molar-refractivity contribution is 0.230. The average molecular weight is 327 g/mol. The van der Waals surface area contributed by atoms with Crippen molar-refractivity contribution in [1.29, 1.82) is 0 Å². The summed E-state index contributed by atoms with van der Waals surface area (Å²) >= 11 is 0. The molecule has 2 saturated carbocycles. The lowest BCUT2D eigenvalue weighted by Gasteiger charge is -2.36. The summed E-state index contributed by atoms with van der Waals surface area (Å²) in [6, 6.07) is 0.0118. The summed E-state index contributed by atoms with van der Waals surface area (Å²) in [7, 11) is -3.33. The smallest absolute Gasteiger partial charge is 0.282 e. The summed E-state index contributed by atoms with van der Waals surface area (Å²) in [5, 5.41) is 0. The van der Waals surface area contributed by atoms with Crippen LogP contribution >= 0.6 is 0 Å².